The molecule has 1 aliphatic rings. The van der Waals surface area contributed by atoms with Gasteiger partial charge in [0.2, 0.25) is 5.91 Å². The molecule has 11 heteroatoms. The fraction of sp³-hybridized carbons (Fsp3) is 0.857. The highest BCUT2D eigenvalue weighted by atomic mass is 16.7. The molecule has 11 nitrogen and oxygen atoms in total. The Kier molecular flexibility index (Phi) is 43.4. The van der Waals surface area contributed by atoms with Gasteiger partial charge >= 0.3 is 5.97 Å². The van der Waals surface area contributed by atoms with Gasteiger partial charge in [-0.05, 0) is 51.4 Å². The van der Waals surface area contributed by atoms with Crippen molar-refractivity contribution in [3.05, 3.63) is 36.5 Å². The quantitative estimate of drug-likeness (QED) is 0.0196. The summed E-state index contributed by atoms with van der Waals surface area (Å²) in [5.41, 5.74) is 0. The van der Waals surface area contributed by atoms with Crippen molar-refractivity contribution >= 4 is 11.9 Å². The molecule has 6 N–H and O–H groups in total. The Hall–Kier alpha value is -2.12. The molecule has 1 heterocycles. The van der Waals surface area contributed by atoms with Crippen molar-refractivity contribution in [1.82, 2.24) is 5.32 Å². The molecule has 1 aliphatic heterocycles. The van der Waals surface area contributed by atoms with E-state index in [0.717, 1.165) is 70.6 Å². The molecule has 0 bridgehead atoms. The number of ether oxygens (including phenoxy) is 3. The lowest BCUT2D eigenvalue weighted by Crippen LogP contribution is -2.60. The maximum atomic E-state index is 13.0. The first-order valence-electron chi connectivity index (χ1n) is 27.8. The SMILES string of the molecule is CCCCCCCCCCCCCC/C=C/C(O)C(COC1OC(CO)C(O)C(O)C1O)NC(=O)CC/C=C\C/C=C\CCCCCCCCOC(=O)CCCCCCCCCCCCCC. The van der Waals surface area contributed by atoms with Crippen molar-refractivity contribution in [2.75, 3.05) is 19.8 Å². The average molecular weight is 950 g/mol. The van der Waals surface area contributed by atoms with Crippen molar-refractivity contribution in [3.8, 4) is 0 Å². The van der Waals surface area contributed by atoms with Crippen LogP contribution in [0, 0.1) is 0 Å². The van der Waals surface area contributed by atoms with Gasteiger partial charge in [-0.25, -0.2) is 0 Å². The van der Waals surface area contributed by atoms with E-state index < -0.39 is 49.5 Å². The van der Waals surface area contributed by atoms with Crippen LogP contribution in [0.15, 0.2) is 36.5 Å². The summed E-state index contributed by atoms with van der Waals surface area (Å²) >= 11 is 0. The third kappa shape index (κ3) is 36.5. The number of aliphatic hydroxyl groups excluding tert-OH is 5. The summed E-state index contributed by atoms with van der Waals surface area (Å²) in [5, 5.41) is 54.3. The molecule has 392 valence electrons. The lowest BCUT2D eigenvalue weighted by molar-refractivity contribution is -0.302. The Morgan fingerprint density at radius 3 is 1.54 bits per heavy atom. The molecule has 0 aromatic rings. The van der Waals surface area contributed by atoms with Gasteiger partial charge in [0.05, 0.1) is 32.0 Å². The number of hydrogen-bond acceptors (Lipinski definition) is 10. The Morgan fingerprint density at radius 2 is 1.01 bits per heavy atom. The van der Waals surface area contributed by atoms with Crippen LogP contribution in [0.3, 0.4) is 0 Å². The lowest BCUT2D eigenvalue weighted by Gasteiger charge is -2.40. The molecule has 7 atom stereocenters. The number of amides is 1. The molecular weight excluding hydrogens is 847 g/mol. The second kappa shape index (κ2) is 46.3. The highest BCUT2D eigenvalue weighted by Gasteiger charge is 2.44. The Morgan fingerprint density at radius 1 is 0.552 bits per heavy atom. The molecule has 0 radical (unpaired) electrons. The zero-order chi connectivity index (χ0) is 48.8. The number of esters is 1. The Balaban J connectivity index is 2.23. The molecule has 0 aromatic carbocycles. The molecule has 0 saturated carbocycles. The first kappa shape index (κ1) is 62.9. The van der Waals surface area contributed by atoms with Gasteiger partial charge in [0.15, 0.2) is 6.29 Å². The summed E-state index contributed by atoms with van der Waals surface area (Å²) in [7, 11) is 0. The molecule has 1 fully saturated rings. The van der Waals surface area contributed by atoms with Crippen LogP contribution in [0.2, 0.25) is 0 Å². The Labute approximate surface area is 409 Å². The van der Waals surface area contributed by atoms with Crippen molar-refractivity contribution in [2.45, 2.75) is 288 Å². The van der Waals surface area contributed by atoms with Crippen LogP contribution in [0.25, 0.3) is 0 Å². The van der Waals surface area contributed by atoms with Crippen LogP contribution in [0.5, 0.6) is 0 Å². The van der Waals surface area contributed by atoms with Crippen LogP contribution >= 0.6 is 0 Å². The predicted molar refractivity (Wildman–Crippen MR) is 274 cm³/mol. The topological polar surface area (TPSA) is 175 Å². The van der Waals surface area contributed by atoms with Gasteiger partial charge in [-0.2, -0.15) is 0 Å². The summed E-state index contributed by atoms with van der Waals surface area (Å²) < 4.78 is 16.6. The van der Waals surface area contributed by atoms with Crippen LogP contribution < -0.4 is 5.32 Å². The van der Waals surface area contributed by atoms with E-state index in [2.05, 4.69) is 31.3 Å². The summed E-state index contributed by atoms with van der Waals surface area (Å²) in [6.07, 6.45) is 45.2. The van der Waals surface area contributed by atoms with E-state index in [9.17, 15) is 35.1 Å². The number of hydrogen-bond donors (Lipinski definition) is 6. The summed E-state index contributed by atoms with van der Waals surface area (Å²) in [6.45, 7) is 4.25. The van der Waals surface area contributed by atoms with E-state index in [4.69, 9.17) is 14.2 Å². The summed E-state index contributed by atoms with van der Waals surface area (Å²) in [4.78, 5) is 25.0. The van der Waals surface area contributed by atoms with Gasteiger partial charge in [0.1, 0.15) is 24.4 Å². The molecule has 0 spiro atoms. The number of nitrogens with one attached hydrogen (secondary N) is 1. The number of aliphatic hydroxyl groups is 5. The molecule has 1 amide bonds. The fourth-order valence-corrected chi connectivity index (χ4v) is 8.54. The standard InChI is InChI=1S/C56H103NO10/c1-3-5-7-9-11-13-15-17-19-22-26-30-34-38-42-49(59)48(47-66-56-55(64)54(63)53(62)50(46-58)67-56)57-51(60)43-39-35-31-27-23-20-18-21-25-29-33-37-41-45-65-52(61)44-40-36-32-28-24-16-14-12-10-8-6-4-2/h20,23,31,35,38,42,48-50,53-56,58-59,62-64H,3-19,21-22,24-30,32-34,36-37,39-41,43-47H2,1-2H3,(H,57,60)/b23-20-,35-31-,42-38+. The van der Waals surface area contributed by atoms with E-state index in [1.54, 1.807) is 6.08 Å². The average Bonchev–Trinajstić information content (AvgIpc) is 3.32. The number of rotatable bonds is 47. The zero-order valence-corrected chi connectivity index (χ0v) is 42.9. The van der Waals surface area contributed by atoms with Gasteiger partial charge in [0, 0.05) is 12.8 Å². The monoisotopic (exact) mass is 950 g/mol. The third-order valence-corrected chi connectivity index (χ3v) is 13.0. The van der Waals surface area contributed by atoms with Gasteiger partial charge in [-0.15, -0.1) is 0 Å². The maximum Gasteiger partial charge on any atom is 0.305 e. The first-order valence-corrected chi connectivity index (χ1v) is 27.8. The minimum atomic E-state index is -1.59. The van der Waals surface area contributed by atoms with E-state index in [-0.39, 0.29) is 24.9 Å². The van der Waals surface area contributed by atoms with Crippen molar-refractivity contribution in [3.63, 3.8) is 0 Å². The second-order valence-electron chi connectivity index (χ2n) is 19.3. The van der Waals surface area contributed by atoms with Crippen LogP contribution in [-0.2, 0) is 23.8 Å². The minimum Gasteiger partial charge on any atom is -0.466 e. The zero-order valence-electron chi connectivity index (χ0n) is 42.9. The normalized spacial score (nSPS) is 19.8. The third-order valence-electron chi connectivity index (χ3n) is 13.0. The highest BCUT2D eigenvalue weighted by molar-refractivity contribution is 5.76. The molecule has 1 saturated heterocycles. The van der Waals surface area contributed by atoms with Crippen molar-refractivity contribution < 1.29 is 49.3 Å². The smallest absolute Gasteiger partial charge is 0.305 e. The molecule has 0 aromatic heterocycles. The second-order valence-corrected chi connectivity index (χ2v) is 19.3. The van der Waals surface area contributed by atoms with Crippen molar-refractivity contribution in [1.29, 1.82) is 0 Å². The van der Waals surface area contributed by atoms with E-state index in [0.29, 0.717) is 19.4 Å². The minimum absolute atomic E-state index is 0.0389. The molecule has 7 unspecified atom stereocenters. The van der Waals surface area contributed by atoms with Crippen LogP contribution in [0.1, 0.15) is 245 Å². The van der Waals surface area contributed by atoms with Crippen LogP contribution in [-0.4, -0.2) is 100 Å². The summed E-state index contributed by atoms with van der Waals surface area (Å²) in [6, 6.07) is -0.853. The number of carbonyl (C=O) groups excluding carboxylic acids is 2. The van der Waals surface area contributed by atoms with E-state index in [1.165, 1.54) is 141 Å². The number of unbranched alkanes of at least 4 members (excludes halogenated alkanes) is 29. The predicted octanol–water partition coefficient (Wildman–Crippen LogP) is 11.9. The van der Waals surface area contributed by atoms with Gasteiger partial charge in [-0.1, -0.05) is 217 Å². The van der Waals surface area contributed by atoms with Gasteiger partial charge in [0.25, 0.3) is 0 Å². The highest BCUT2D eigenvalue weighted by Crippen LogP contribution is 2.23. The molecular formula is C56H103NO10. The molecule has 0 aliphatic carbocycles. The number of allylic oxidation sites excluding steroid dienone is 5. The van der Waals surface area contributed by atoms with E-state index >= 15 is 0 Å². The lowest BCUT2D eigenvalue weighted by atomic mass is 9.99. The van der Waals surface area contributed by atoms with Gasteiger partial charge < -0.3 is 45.1 Å². The van der Waals surface area contributed by atoms with E-state index in [1.807, 2.05) is 18.2 Å². The van der Waals surface area contributed by atoms with Crippen LogP contribution in [0.4, 0.5) is 0 Å². The Bertz CT molecular complexity index is 1210. The first-order chi connectivity index (χ1) is 32.7. The molecule has 67 heavy (non-hydrogen) atoms. The maximum absolute atomic E-state index is 13.0. The fourth-order valence-electron chi connectivity index (χ4n) is 8.54. The summed E-state index contributed by atoms with van der Waals surface area (Å²) in [5.74, 6) is -0.301. The largest absolute Gasteiger partial charge is 0.466 e. The van der Waals surface area contributed by atoms with Crippen molar-refractivity contribution in [2.24, 2.45) is 0 Å². The van der Waals surface area contributed by atoms with Gasteiger partial charge in [-0.3, -0.25) is 9.59 Å². The molecule has 1 rings (SSSR count). The number of carbonyl (C=O) groups is 2.